The molecule has 0 atom stereocenters. The third-order valence-corrected chi connectivity index (χ3v) is 8.60. The summed E-state index contributed by atoms with van der Waals surface area (Å²) in [5.41, 5.74) is 9.94. The average molecular weight is 460 g/mol. The summed E-state index contributed by atoms with van der Waals surface area (Å²) in [7, 11) is 0. The molecule has 0 radical (unpaired) electrons. The molecule has 0 bridgehead atoms. The number of benzene rings is 2. The molecule has 0 aromatic heterocycles. The Labute approximate surface area is 204 Å². The Morgan fingerprint density at radius 2 is 1.71 bits per heavy atom. The molecule has 0 spiro atoms. The van der Waals surface area contributed by atoms with Crippen LogP contribution in [-0.4, -0.2) is 43.3 Å². The SMILES string of the molecule is Fc1ccc2c(c1)CN=C2C1CCN(CCCCCc2cc3c4c(c2)CCN4CCCC3)CC1. The van der Waals surface area contributed by atoms with Gasteiger partial charge in [0, 0.05) is 36.0 Å². The Balaban J connectivity index is 0.937. The average Bonchev–Trinajstić information content (AvgIpc) is 3.39. The summed E-state index contributed by atoms with van der Waals surface area (Å²) in [6.45, 7) is 6.73. The summed E-state index contributed by atoms with van der Waals surface area (Å²) >= 11 is 0. The summed E-state index contributed by atoms with van der Waals surface area (Å²) in [6, 6.07) is 10.2. The molecule has 4 aliphatic rings. The van der Waals surface area contributed by atoms with Crippen LogP contribution in [0.3, 0.4) is 0 Å². The van der Waals surface area contributed by atoms with E-state index >= 15 is 0 Å². The smallest absolute Gasteiger partial charge is 0.123 e. The van der Waals surface area contributed by atoms with Crippen molar-refractivity contribution in [3.8, 4) is 0 Å². The number of halogens is 1. The molecule has 1 fully saturated rings. The molecule has 2 aromatic rings. The van der Waals surface area contributed by atoms with Crippen LogP contribution in [0.25, 0.3) is 0 Å². The molecule has 0 saturated carbocycles. The van der Waals surface area contributed by atoms with E-state index in [1.54, 1.807) is 34.5 Å². The number of aryl methyl sites for hydroxylation is 2. The van der Waals surface area contributed by atoms with Crippen LogP contribution in [-0.2, 0) is 25.8 Å². The fourth-order valence-electron chi connectivity index (χ4n) is 6.79. The minimum atomic E-state index is -0.141. The number of hydrogen-bond acceptors (Lipinski definition) is 3. The Morgan fingerprint density at radius 1 is 0.853 bits per heavy atom. The minimum absolute atomic E-state index is 0.141. The Hall–Kier alpha value is -2.20. The van der Waals surface area contributed by atoms with Gasteiger partial charge in [0.1, 0.15) is 5.82 Å². The normalized spacial score (nSPS) is 20.3. The summed E-state index contributed by atoms with van der Waals surface area (Å²) < 4.78 is 13.5. The second-order valence-corrected chi connectivity index (χ2v) is 10.9. The number of hydrogen-bond donors (Lipinski definition) is 0. The first-order chi connectivity index (χ1) is 16.7. The van der Waals surface area contributed by atoms with Crippen molar-refractivity contribution in [2.24, 2.45) is 10.9 Å². The highest BCUT2D eigenvalue weighted by atomic mass is 19.1. The predicted octanol–water partition coefficient (Wildman–Crippen LogP) is 5.95. The van der Waals surface area contributed by atoms with E-state index in [1.807, 2.05) is 6.07 Å². The highest BCUT2D eigenvalue weighted by Crippen LogP contribution is 2.36. The first-order valence-electron chi connectivity index (χ1n) is 13.7. The molecule has 1 saturated heterocycles. The van der Waals surface area contributed by atoms with Crippen molar-refractivity contribution < 1.29 is 4.39 Å². The maximum Gasteiger partial charge on any atom is 0.123 e. The highest BCUT2D eigenvalue weighted by Gasteiger charge is 2.28. The Bertz CT molecular complexity index is 1070. The van der Waals surface area contributed by atoms with Crippen molar-refractivity contribution in [3.05, 3.63) is 64.0 Å². The summed E-state index contributed by atoms with van der Waals surface area (Å²) in [6.07, 6.45) is 12.8. The zero-order valence-electron chi connectivity index (χ0n) is 20.5. The van der Waals surface area contributed by atoms with Gasteiger partial charge in [0.05, 0.1) is 6.54 Å². The molecule has 4 heteroatoms. The second-order valence-electron chi connectivity index (χ2n) is 10.9. The van der Waals surface area contributed by atoms with Gasteiger partial charge in [0.15, 0.2) is 0 Å². The van der Waals surface area contributed by atoms with Crippen molar-refractivity contribution in [1.82, 2.24) is 4.90 Å². The maximum atomic E-state index is 13.5. The van der Waals surface area contributed by atoms with Gasteiger partial charge in [0.2, 0.25) is 0 Å². The fraction of sp³-hybridized carbons (Fsp3) is 0.567. The van der Waals surface area contributed by atoms with E-state index in [0.717, 1.165) is 5.56 Å². The van der Waals surface area contributed by atoms with Gasteiger partial charge in [-0.1, -0.05) is 18.6 Å². The van der Waals surface area contributed by atoms with Gasteiger partial charge in [-0.05, 0) is 118 Å². The van der Waals surface area contributed by atoms with Crippen molar-refractivity contribution in [2.75, 3.05) is 37.6 Å². The standard InChI is InChI=1S/C30H38FN3/c31-27-8-9-28-26(20-27)21-32-29(28)23-10-15-33(16-11-23)13-4-1-2-6-22-18-24-7-3-5-14-34-17-12-25(19-22)30(24)34/h8-9,18-20,23H,1-7,10-17,21H2. The largest absolute Gasteiger partial charge is 0.371 e. The molecule has 0 amide bonds. The van der Waals surface area contributed by atoms with Crippen LogP contribution in [0.1, 0.15) is 72.8 Å². The van der Waals surface area contributed by atoms with Crippen LogP contribution in [0.15, 0.2) is 35.3 Å². The van der Waals surface area contributed by atoms with Crippen LogP contribution < -0.4 is 4.90 Å². The van der Waals surface area contributed by atoms with E-state index in [2.05, 4.69) is 21.9 Å². The van der Waals surface area contributed by atoms with Crippen LogP contribution in [0.4, 0.5) is 10.1 Å². The Kier molecular flexibility index (Phi) is 6.43. The van der Waals surface area contributed by atoms with Gasteiger partial charge in [-0.25, -0.2) is 4.39 Å². The van der Waals surface area contributed by atoms with Gasteiger partial charge >= 0.3 is 0 Å². The third-order valence-electron chi connectivity index (χ3n) is 8.60. The molecule has 34 heavy (non-hydrogen) atoms. The number of anilines is 1. The van der Waals surface area contributed by atoms with E-state index in [9.17, 15) is 4.39 Å². The number of piperidine rings is 1. The lowest BCUT2D eigenvalue weighted by atomic mass is 9.87. The predicted molar refractivity (Wildman–Crippen MR) is 139 cm³/mol. The maximum absolute atomic E-state index is 13.5. The monoisotopic (exact) mass is 459 g/mol. The first kappa shape index (κ1) is 22.3. The van der Waals surface area contributed by atoms with Crippen molar-refractivity contribution >= 4 is 11.4 Å². The zero-order valence-corrected chi connectivity index (χ0v) is 20.5. The van der Waals surface area contributed by atoms with Gasteiger partial charge in [0.25, 0.3) is 0 Å². The lowest BCUT2D eigenvalue weighted by Crippen LogP contribution is -2.36. The van der Waals surface area contributed by atoms with Crippen molar-refractivity contribution in [1.29, 1.82) is 0 Å². The fourth-order valence-corrected chi connectivity index (χ4v) is 6.79. The molecule has 0 unspecified atom stereocenters. The number of rotatable bonds is 7. The first-order valence-corrected chi connectivity index (χ1v) is 13.7. The number of fused-ring (bicyclic) bond motifs is 1. The topological polar surface area (TPSA) is 18.8 Å². The highest BCUT2D eigenvalue weighted by molar-refractivity contribution is 6.05. The molecule has 4 aliphatic heterocycles. The summed E-state index contributed by atoms with van der Waals surface area (Å²) in [5, 5.41) is 0. The van der Waals surface area contributed by atoms with E-state index in [-0.39, 0.29) is 5.82 Å². The molecule has 0 aliphatic carbocycles. The van der Waals surface area contributed by atoms with E-state index in [0.29, 0.717) is 12.5 Å². The van der Waals surface area contributed by atoms with Gasteiger partial charge in [-0.2, -0.15) is 0 Å². The molecule has 0 N–H and O–H groups in total. The molecule has 4 heterocycles. The molecule has 3 nitrogen and oxygen atoms in total. The number of unbranched alkanes of at least 4 members (excludes halogenated alkanes) is 2. The quantitative estimate of drug-likeness (QED) is 0.476. The van der Waals surface area contributed by atoms with Crippen LogP contribution in [0.5, 0.6) is 0 Å². The van der Waals surface area contributed by atoms with Crippen LogP contribution >= 0.6 is 0 Å². The summed E-state index contributed by atoms with van der Waals surface area (Å²) in [4.78, 5) is 10.1. The van der Waals surface area contributed by atoms with Crippen LogP contribution in [0.2, 0.25) is 0 Å². The molecular formula is C30H38FN3. The van der Waals surface area contributed by atoms with Gasteiger partial charge in [-0.15, -0.1) is 0 Å². The second kappa shape index (κ2) is 9.81. The van der Waals surface area contributed by atoms with Crippen LogP contribution in [0, 0.1) is 11.7 Å². The molecule has 2 aromatic carbocycles. The molecular weight excluding hydrogens is 421 g/mol. The minimum Gasteiger partial charge on any atom is -0.371 e. The lowest BCUT2D eigenvalue weighted by Gasteiger charge is -2.32. The number of likely N-dealkylation sites (tertiary alicyclic amines) is 1. The van der Waals surface area contributed by atoms with Gasteiger partial charge < -0.3 is 9.80 Å². The molecule has 180 valence electrons. The van der Waals surface area contributed by atoms with Crippen molar-refractivity contribution in [2.45, 2.75) is 70.8 Å². The molecule has 6 rings (SSSR count). The van der Waals surface area contributed by atoms with E-state index < -0.39 is 0 Å². The van der Waals surface area contributed by atoms with E-state index in [4.69, 9.17) is 4.99 Å². The van der Waals surface area contributed by atoms with Gasteiger partial charge in [-0.3, -0.25) is 4.99 Å². The zero-order chi connectivity index (χ0) is 22.9. The number of aliphatic imine (C=N–C) groups is 1. The third kappa shape index (κ3) is 4.54. The number of nitrogens with zero attached hydrogens (tertiary/aromatic N) is 3. The summed E-state index contributed by atoms with van der Waals surface area (Å²) in [5.74, 6) is 0.404. The Morgan fingerprint density at radius 3 is 2.59 bits per heavy atom. The lowest BCUT2D eigenvalue weighted by molar-refractivity contribution is 0.206. The van der Waals surface area contributed by atoms with Crippen molar-refractivity contribution in [3.63, 3.8) is 0 Å². The van der Waals surface area contributed by atoms with E-state index in [1.165, 1.54) is 108 Å².